The van der Waals surface area contributed by atoms with Crippen molar-refractivity contribution in [2.24, 2.45) is 5.73 Å². The van der Waals surface area contributed by atoms with Gasteiger partial charge < -0.3 is 5.73 Å². The minimum absolute atomic E-state index is 0.104. The largest absolute Gasteiger partial charge is 0.322 e. The van der Waals surface area contributed by atoms with Crippen molar-refractivity contribution in [2.45, 2.75) is 31.7 Å². The molecule has 0 saturated heterocycles. The first kappa shape index (κ1) is 7.25. The Balaban J connectivity index is 2.18. The molecule has 0 unspecified atom stereocenters. The van der Waals surface area contributed by atoms with E-state index in [0.29, 0.717) is 0 Å². The predicted molar refractivity (Wildman–Crippen MR) is 46.7 cm³/mol. The number of hydrogen-bond donors (Lipinski definition) is 1. The fourth-order valence-corrected chi connectivity index (χ4v) is 1.94. The van der Waals surface area contributed by atoms with Crippen molar-refractivity contribution < 1.29 is 0 Å². The van der Waals surface area contributed by atoms with Crippen LogP contribution in [0.5, 0.6) is 0 Å². The van der Waals surface area contributed by atoms with Crippen molar-refractivity contribution in [3.63, 3.8) is 0 Å². The normalized spacial score (nSPS) is 20.2. The third kappa shape index (κ3) is 1.44. The summed E-state index contributed by atoms with van der Waals surface area (Å²) in [5, 5.41) is 3.23. The lowest BCUT2D eigenvalue weighted by Crippen LogP contribution is -2.04. The van der Waals surface area contributed by atoms with E-state index in [0.717, 1.165) is 10.9 Å². The first-order valence-electron chi connectivity index (χ1n) is 3.98. The third-order valence-electron chi connectivity index (χ3n) is 1.92. The second kappa shape index (κ2) is 2.57. The maximum Gasteiger partial charge on any atom is 0.109 e. The van der Waals surface area contributed by atoms with Crippen LogP contribution >= 0.6 is 11.3 Å². The average Bonchev–Trinajstić information content (AvgIpc) is 2.68. The molecular formula is C8H12N2S. The van der Waals surface area contributed by atoms with Crippen LogP contribution in [0, 0.1) is 0 Å². The van der Waals surface area contributed by atoms with E-state index in [-0.39, 0.29) is 6.04 Å². The molecule has 1 saturated carbocycles. The topological polar surface area (TPSA) is 38.9 Å². The number of hydrogen-bond acceptors (Lipinski definition) is 3. The third-order valence-corrected chi connectivity index (χ3v) is 2.99. The minimum Gasteiger partial charge on any atom is -0.322 e. The first-order chi connectivity index (χ1) is 5.27. The summed E-state index contributed by atoms with van der Waals surface area (Å²) in [7, 11) is 0. The zero-order valence-corrected chi connectivity index (χ0v) is 7.40. The Kier molecular flexibility index (Phi) is 1.69. The van der Waals surface area contributed by atoms with Crippen molar-refractivity contribution >= 4 is 11.3 Å². The SMILES string of the molecule is C[C@H](N)c1nc(C2CC2)cs1. The van der Waals surface area contributed by atoms with Crippen molar-refractivity contribution in [1.82, 2.24) is 4.98 Å². The molecule has 1 fully saturated rings. The molecule has 1 aliphatic rings. The Hall–Kier alpha value is -0.410. The van der Waals surface area contributed by atoms with Gasteiger partial charge in [0.2, 0.25) is 0 Å². The molecular weight excluding hydrogens is 156 g/mol. The summed E-state index contributed by atoms with van der Waals surface area (Å²) in [6, 6.07) is 0.104. The molecule has 2 N–H and O–H groups in total. The maximum absolute atomic E-state index is 5.70. The van der Waals surface area contributed by atoms with Crippen LogP contribution in [0.1, 0.15) is 42.4 Å². The monoisotopic (exact) mass is 168 g/mol. The zero-order chi connectivity index (χ0) is 7.84. The zero-order valence-electron chi connectivity index (χ0n) is 6.58. The van der Waals surface area contributed by atoms with E-state index in [1.54, 1.807) is 11.3 Å². The van der Waals surface area contributed by atoms with Crippen LogP contribution in [-0.4, -0.2) is 4.98 Å². The second-order valence-electron chi connectivity index (χ2n) is 3.17. The molecule has 60 valence electrons. The van der Waals surface area contributed by atoms with Crippen molar-refractivity contribution in [3.8, 4) is 0 Å². The van der Waals surface area contributed by atoms with E-state index in [2.05, 4.69) is 10.4 Å². The molecule has 11 heavy (non-hydrogen) atoms. The molecule has 0 radical (unpaired) electrons. The molecule has 0 aromatic carbocycles. The molecule has 0 spiro atoms. The molecule has 1 heterocycles. The van der Waals surface area contributed by atoms with E-state index < -0.39 is 0 Å². The molecule has 2 rings (SSSR count). The molecule has 1 aromatic rings. The summed E-state index contributed by atoms with van der Waals surface area (Å²) in [5.74, 6) is 0.763. The Morgan fingerprint density at radius 1 is 1.73 bits per heavy atom. The smallest absolute Gasteiger partial charge is 0.109 e. The highest BCUT2D eigenvalue weighted by molar-refractivity contribution is 7.09. The van der Waals surface area contributed by atoms with Crippen LogP contribution in [0.4, 0.5) is 0 Å². The molecule has 1 aliphatic carbocycles. The van der Waals surface area contributed by atoms with Gasteiger partial charge in [-0.1, -0.05) is 0 Å². The number of rotatable bonds is 2. The highest BCUT2D eigenvalue weighted by atomic mass is 32.1. The number of aromatic nitrogens is 1. The number of nitrogens with zero attached hydrogens (tertiary/aromatic N) is 1. The van der Waals surface area contributed by atoms with Gasteiger partial charge in [-0.25, -0.2) is 4.98 Å². The van der Waals surface area contributed by atoms with Gasteiger partial charge in [0.15, 0.2) is 0 Å². The van der Waals surface area contributed by atoms with E-state index >= 15 is 0 Å². The highest BCUT2D eigenvalue weighted by Crippen LogP contribution is 2.40. The van der Waals surface area contributed by atoms with Gasteiger partial charge in [-0.15, -0.1) is 11.3 Å². The quantitative estimate of drug-likeness (QED) is 0.734. The molecule has 1 atom stereocenters. The van der Waals surface area contributed by atoms with Crippen molar-refractivity contribution in [3.05, 3.63) is 16.1 Å². The lowest BCUT2D eigenvalue weighted by molar-refractivity contribution is 0.797. The first-order valence-corrected chi connectivity index (χ1v) is 4.86. The lowest BCUT2D eigenvalue weighted by atomic mass is 10.3. The summed E-state index contributed by atoms with van der Waals surface area (Å²) < 4.78 is 0. The summed E-state index contributed by atoms with van der Waals surface area (Å²) in [5.41, 5.74) is 6.96. The number of thiazole rings is 1. The fourth-order valence-electron chi connectivity index (χ4n) is 1.08. The summed E-state index contributed by atoms with van der Waals surface area (Å²) in [6.45, 7) is 1.98. The highest BCUT2D eigenvalue weighted by Gasteiger charge is 2.26. The molecule has 2 nitrogen and oxygen atoms in total. The Morgan fingerprint density at radius 3 is 2.91 bits per heavy atom. The fraction of sp³-hybridized carbons (Fsp3) is 0.625. The molecule has 0 amide bonds. The van der Waals surface area contributed by atoms with Gasteiger partial charge in [-0.3, -0.25) is 0 Å². The Labute approximate surface area is 70.5 Å². The van der Waals surface area contributed by atoms with Crippen LogP contribution < -0.4 is 5.73 Å². The molecule has 3 heteroatoms. The lowest BCUT2D eigenvalue weighted by Gasteiger charge is -1.96. The molecule has 1 aromatic heterocycles. The Morgan fingerprint density at radius 2 is 2.45 bits per heavy atom. The van der Waals surface area contributed by atoms with Crippen LogP contribution in [0.15, 0.2) is 5.38 Å². The van der Waals surface area contributed by atoms with E-state index in [4.69, 9.17) is 5.73 Å². The van der Waals surface area contributed by atoms with Crippen LogP contribution in [0.2, 0.25) is 0 Å². The molecule has 0 aliphatic heterocycles. The standard InChI is InChI=1S/C8H12N2S/c1-5(9)8-10-7(4-11-8)6-2-3-6/h4-6H,2-3,9H2,1H3/t5-/m0/s1. The summed E-state index contributed by atoms with van der Waals surface area (Å²) >= 11 is 1.69. The van der Waals surface area contributed by atoms with Gasteiger partial charge in [-0.05, 0) is 19.8 Å². The van der Waals surface area contributed by atoms with E-state index in [1.807, 2.05) is 6.92 Å². The van der Waals surface area contributed by atoms with Crippen LogP contribution in [0.25, 0.3) is 0 Å². The van der Waals surface area contributed by atoms with Gasteiger partial charge in [-0.2, -0.15) is 0 Å². The maximum atomic E-state index is 5.70. The van der Waals surface area contributed by atoms with E-state index in [1.165, 1.54) is 18.5 Å². The predicted octanol–water partition coefficient (Wildman–Crippen LogP) is 2.04. The summed E-state index contributed by atoms with van der Waals surface area (Å²) in [4.78, 5) is 4.47. The van der Waals surface area contributed by atoms with Gasteiger partial charge >= 0.3 is 0 Å². The van der Waals surface area contributed by atoms with Gasteiger partial charge in [0.25, 0.3) is 0 Å². The van der Waals surface area contributed by atoms with Crippen molar-refractivity contribution in [2.75, 3.05) is 0 Å². The summed E-state index contributed by atoms with van der Waals surface area (Å²) in [6.07, 6.45) is 2.64. The van der Waals surface area contributed by atoms with Gasteiger partial charge in [0.1, 0.15) is 5.01 Å². The minimum atomic E-state index is 0.104. The van der Waals surface area contributed by atoms with E-state index in [9.17, 15) is 0 Å². The van der Waals surface area contributed by atoms with Gasteiger partial charge in [0.05, 0.1) is 11.7 Å². The molecule has 0 bridgehead atoms. The van der Waals surface area contributed by atoms with Crippen LogP contribution in [0.3, 0.4) is 0 Å². The van der Waals surface area contributed by atoms with Crippen molar-refractivity contribution in [1.29, 1.82) is 0 Å². The average molecular weight is 168 g/mol. The Bertz CT molecular complexity index is 234. The number of nitrogens with two attached hydrogens (primary N) is 1. The van der Waals surface area contributed by atoms with Crippen LogP contribution in [-0.2, 0) is 0 Å². The second-order valence-corrected chi connectivity index (χ2v) is 4.06. The van der Waals surface area contributed by atoms with Gasteiger partial charge in [0, 0.05) is 11.3 Å².